The Bertz CT molecular complexity index is 774. The molecule has 0 aromatic heterocycles. The molecule has 2 nitrogen and oxygen atoms in total. The van der Waals surface area contributed by atoms with Gasteiger partial charge in [0.05, 0.1) is 30.4 Å². The van der Waals surface area contributed by atoms with E-state index in [2.05, 4.69) is 88.0 Å². The fraction of sp³-hybridized carbons (Fsp3) is 0.238. The van der Waals surface area contributed by atoms with Gasteiger partial charge in [-0.05, 0) is 144 Å². The second-order valence-corrected chi connectivity index (χ2v) is 10.00. The summed E-state index contributed by atoms with van der Waals surface area (Å²) < 4.78 is 15.1. The number of rotatable bonds is 6. The zero-order chi connectivity index (χ0) is 20.1. The first-order chi connectivity index (χ1) is 12.7. The summed E-state index contributed by atoms with van der Waals surface area (Å²) in [4.78, 5) is 0. The second-order valence-electron chi connectivity index (χ2n) is 6.58. The molecule has 6 heteroatoms. The first-order valence-corrected chi connectivity index (χ1v) is 11.4. The Hall–Kier alpha value is -0.560. The SMILES string of the molecule is CC(C)=COc1c(Br)cc(Cc2cc(Br)c(OC=C(C)C)c(Br)c2)cc1Br. The normalized spacial score (nSPS) is 10.4. The van der Waals surface area contributed by atoms with Crippen molar-refractivity contribution in [1.82, 2.24) is 0 Å². The molecule has 0 fully saturated rings. The Morgan fingerprint density at radius 2 is 0.963 bits per heavy atom. The molecular formula is C21H20Br4O2. The lowest BCUT2D eigenvalue weighted by Crippen LogP contribution is -1.94. The summed E-state index contributed by atoms with van der Waals surface area (Å²) in [6, 6.07) is 8.31. The van der Waals surface area contributed by atoms with Crippen LogP contribution in [0.15, 0.2) is 65.8 Å². The summed E-state index contributed by atoms with van der Waals surface area (Å²) in [7, 11) is 0. The van der Waals surface area contributed by atoms with Gasteiger partial charge in [-0.2, -0.15) is 0 Å². The Balaban J connectivity index is 2.27. The van der Waals surface area contributed by atoms with E-state index >= 15 is 0 Å². The van der Waals surface area contributed by atoms with Crippen molar-refractivity contribution >= 4 is 63.7 Å². The van der Waals surface area contributed by atoms with E-state index in [9.17, 15) is 0 Å². The highest BCUT2D eigenvalue weighted by atomic mass is 79.9. The van der Waals surface area contributed by atoms with E-state index in [1.165, 1.54) is 0 Å². The molecule has 2 aromatic rings. The highest BCUT2D eigenvalue weighted by Gasteiger charge is 2.12. The van der Waals surface area contributed by atoms with E-state index in [0.717, 1.165) is 58.1 Å². The van der Waals surface area contributed by atoms with Crippen LogP contribution in [0.2, 0.25) is 0 Å². The zero-order valence-electron chi connectivity index (χ0n) is 15.5. The molecule has 0 N–H and O–H groups in total. The van der Waals surface area contributed by atoms with Crippen molar-refractivity contribution in [3.8, 4) is 11.5 Å². The lowest BCUT2D eigenvalue weighted by Gasteiger charge is -2.12. The number of allylic oxidation sites excluding steroid dienone is 2. The molecule has 0 saturated carbocycles. The van der Waals surface area contributed by atoms with Gasteiger partial charge in [-0.3, -0.25) is 0 Å². The Labute approximate surface area is 194 Å². The van der Waals surface area contributed by atoms with E-state index in [0.29, 0.717) is 0 Å². The van der Waals surface area contributed by atoms with Crippen LogP contribution in [0.3, 0.4) is 0 Å². The summed E-state index contributed by atoms with van der Waals surface area (Å²) in [5.74, 6) is 1.54. The standard InChI is InChI=1S/C21H20Br4O2/c1-12(2)10-26-20-16(22)6-14(7-17(20)23)5-15-8-18(24)21(19(25)9-15)27-11-13(3)4/h6-11H,5H2,1-4H3. The fourth-order valence-electron chi connectivity index (χ4n) is 2.24. The quantitative estimate of drug-likeness (QED) is 0.299. The maximum Gasteiger partial charge on any atom is 0.154 e. The van der Waals surface area contributed by atoms with Gasteiger partial charge in [-0.1, -0.05) is 0 Å². The number of ether oxygens (including phenoxy) is 2. The minimum Gasteiger partial charge on any atom is -0.463 e. The summed E-state index contributed by atoms with van der Waals surface area (Å²) in [6.07, 6.45) is 4.26. The highest BCUT2D eigenvalue weighted by molar-refractivity contribution is 9.11. The molecule has 0 heterocycles. The van der Waals surface area contributed by atoms with Crippen molar-refractivity contribution in [1.29, 1.82) is 0 Å². The van der Waals surface area contributed by atoms with Crippen LogP contribution in [0.1, 0.15) is 38.8 Å². The molecule has 0 spiro atoms. The summed E-state index contributed by atoms with van der Waals surface area (Å²) in [5, 5.41) is 0. The van der Waals surface area contributed by atoms with Crippen molar-refractivity contribution in [2.24, 2.45) is 0 Å². The van der Waals surface area contributed by atoms with Crippen LogP contribution in [-0.4, -0.2) is 0 Å². The first-order valence-electron chi connectivity index (χ1n) is 8.23. The minimum absolute atomic E-state index is 0.771. The zero-order valence-corrected chi connectivity index (χ0v) is 21.8. The maximum atomic E-state index is 5.74. The van der Waals surface area contributed by atoms with Crippen molar-refractivity contribution in [2.45, 2.75) is 34.1 Å². The van der Waals surface area contributed by atoms with Crippen molar-refractivity contribution in [2.75, 3.05) is 0 Å². The van der Waals surface area contributed by atoms with Gasteiger partial charge in [0, 0.05) is 0 Å². The number of halogens is 4. The van der Waals surface area contributed by atoms with Crippen LogP contribution < -0.4 is 9.47 Å². The van der Waals surface area contributed by atoms with Gasteiger partial charge >= 0.3 is 0 Å². The second kappa shape index (κ2) is 10.3. The molecule has 2 rings (SSSR count). The lowest BCUT2D eigenvalue weighted by molar-refractivity contribution is 0.469. The van der Waals surface area contributed by atoms with E-state index in [-0.39, 0.29) is 0 Å². The van der Waals surface area contributed by atoms with Crippen molar-refractivity contribution < 1.29 is 9.47 Å². The van der Waals surface area contributed by atoms with Gasteiger partial charge < -0.3 is 9.47 Å². The van der Waals surface area contributed by atoms with Gasteiger partial charge in [-0.25, -0.2) is 0 Å². The predicted molar refractivity (Wildman–Crippen MR) is 127 cm³/mol. The van der Waals surface area contributed by atoms with Gasteiger partial charge in [0.2, 0.25) is 0 Å². The molecule has 144 valence electrons. The Morgan fingerprint density at radius 1 is 0.667 bits per heavy atom. The van der Waals surface area contributed by atoms with Gasteiger partial charge in [0.15, 0.2) is 11.5 Å². The van der Waals surface area contributed by atoms with Crippen molar-refractivity contribution in [3.05, 3.63) is 77.0 Å². The third-order valence-corrected chi connectivity index (χ3v) is 5.71. The summed E-state index contributed by atoms with van der Waals surface area (Å²) in [6.45, 7) is 7.99. The van der Waals surface area contributed by atoms with Crippen LogP contribution in [0.25, 0.3) is 0 Å². The van der Waals surface area contributed by atoms with E-state index in [4.69, 9.17) is 9.47 Å². The smallest absolute Gasteiger partial charge is 0.154 e. The lowest BCUT2D eigenvalue weighted by atomic mass is 10.0. The van der Waals surface area contributed by atoms with Crippen LogP contribution in [0.4, 0.5) is 0 Å². The summed E-state index contributed by atoms with van der Waals surface area (Å²) in [5.41, 5.74) is 4.52. The molecule has 0 radical (unpaired) electrons. The van der Waals surface area contributed by atoms with E-state index in [1.54, 1.807) is 12.5 Å². The van der Waals surface area contributed by atoms with E-state index in [1.807, 2.05) is 27.7 Å². The monoisotopic (exact) mass is 620 g/mol. The molecular weight excluding hydrogens is 604 g/mol. The van der Waals surface area contributed by atoms with Crippen LogP contribution in [0.5, 0.6) is 11.5 Å². The number of benzene rings is 2. The molecule has 0 aliphatic rings. The van der Waals surface area contributed by atoms with Gasteiger partial charge in [0.1, 0.15) is 0 Å². The predicted octanol–water partition coefficient (Wildman–Crippen LogP) is 8.93. The average molecular weight is 624 g/mol. The summed E-state index contributed by atoms with van der Waals surface area (Å²) >= 11 is 14.4. The van der Waals surface area contributed by atoms with Gasteiger partial charge in [-0.15, -0.1) is 0 Å². The van der Waals surface area contributed by atoms with E-state index < -0.39 is 0 Å². The Morgan fingerprint density at radius 3 is 1.22 bits per heavy atom. The average Bonchev–Trinajstić information content (AvgIpc) is 2.52. The maximum absolute atomic E-state index is 5.74. The number of hydrogen-bond donors (Lipinski definition) is 0. The molecule has 0 aliphatic heterocycles. The highest BCUT2D eigenvalue weighted by Crippen LogP contribution is 2.38. The molecule has 0 atom stereocenters. The third kappa shape index (κ3) is 6.77. The third-order valence-electron chi connectivity index (χ3n) is 3.35. The van der Waals surface area contributed by atoms with Crippen LogP contribution in [0, 0.1) is 0 Å². The molecule has 27 heavy (non-hydrogen) atoms. The molecule has 0 bridgehead atoms. The van der Waals surface area contributed by atoms with Crippen LogP contribution >= 0.6 is 63.7 Å². The minimum atomic E-state index is 0.771. The largest absolute Gasteiger partial charge is 0.463 e. The fourth-order valence-corrected chi connectivity index (χ4v) is 5.18. The molecule has 0 aliphatic carbocycles. The molecule has 0 saturated heterocycles. The number of hydrogen-bond acceptors (Lipinski definition) is 2. The van der Waals surface area contributed by atoms with Gasteiger partial charge in [0.25, 0.3) is 0 Å². The molecule has 0 unspecified atom stereocenters. The topological polar surface area (TPSA) is 18.5 Å². The van der Waals surface area contributed by atoms with Crippen LogP contribution in [-0.2, 0) is 6.42 Å². The van der Waals surface area contributed by atoms with Crippen molar-refractivity contribution in [3.63, 3.8) is 0 Å². The molecule has 2 aromatic carbocycles. The molecule has 0 amide bonds. The Kier molecular flexibility index (Phi) is 8.66. The first kappa shape index (κ1) is 22.7.